The molecule has 1 saturated heterocycles. The summed E-state index contributed by atoms with van der Waals surface area (Å²) in [6.45, 7) is -0.734. The van der Waals surface area contributed by atoms with Crippen LogP contribution in [0.25, 0.3) is 11.2 Å². The number of rotatable bonds is 10. The predicted octanol–water partition coefficient (Wildman–Crippen LogP) is -0.321. The summed E-state index contributed by atoms with van der Waals surface area (Å²) in [5, 5.41) is 0. The van der Waals surface area contributed by atoms with Crippen LogP contribution in [0.5, 0.6) is 0 Å². The quantitative estimate of drug-likeness (QED) is 0.244. The average Bonchev–Trinajstić information content (AvgIpc) is 3.24. The number of phosphoric acid groups is 3. The third kappa shape index (κ3) is 6.21. The third-order valence-corrected chi connectivity index (χ3v) is 8.11. The van der Waals surface area contributed by atoms with E-state index >= 15 is 0 Å². The van der Waals surface area contributed by atoms with Gasteiger partial charge in [-0.1, -0.05) is 0 Å². The number of anilines is 1. The van der Waals surface area contributed by atoms with Crippen molar-refractivity contribution in [3.05, 3.63) is 12.7 Å². The van der Waals surface area contributed by atoms with Gasteiger partial charge >= 0.3 is 23.5 Å². The molecule has 0 bridgehead atoms. The number of hydrogen-bond donors (Lipinski definition) is 5. The molecule has 1 fully saturated rings. The summed E-state index contributed by atoms with van der Waals surface area (Å²) < 4.78 is 64.3. The van der Waals surface area contributed by atoms with Crippen molar-refractivity contribution >= 4 is 40.4 Å². The molecule has 6 N–H and O–H groups in total. The first kappa shape index (κ1) is 26.2. The smallest absolute Gasteiger partial charge is 0.382 e. The van der Waals surface area contributed by atoms with Crippen molar-refractivity contribution in [3.8, 4) is 0 Å². The van der Waals surface area contributed by atoms with Crippen LogP contribution in [0, 0.1) is 0 Å². The van der Waals surface area contributed by atoms with Crippen LogP contribution in [0.2, 0.25) is 0 Å². The molecule has 0 saturated carbocycles. The zero-order chi connectivity index (χ0) is 24.6. The fourth-order valence-corrected chi connectivity index (χ4v) is 6.16. The van der Waals surface area contributed by atoms with Crippen LogP contribution in [0.4, 0.5) is 5.82 Å². The minimum atomic E-state index is -5.66. The van der Waals surface area contributed by atoms with Crippen LogP contribution in [-0.2, 0) is 41.1 Å². The summed E-state index contributed by atoms with van der Waals surface area (Å²) in [6.07, 6.45) is -1.13. The number of nitrogens with zero attached hydrogens (tertiary/aromatic N) is 4. The SMILES string of the molecule is COC1[C@@H](COP(=O)(O)OP(=O)(O)OP(=O)(O)O)O[C@@H](n2cnc3c(N)ncnc32)[C@H]1OC. The van der Waals surface area contributed by atoms with E-state index in [9.17, 15) is 23.5 Å². The van der Waals surface area contributed by atoms with Crippen molar-refractivity contribution in [3.63, 3.8) is 0 Å². The zero-order valence-corrected chi connectivity index (χ0v) is 19.5. The monoisotopic (exact) mass is 535 g/mol. The average molecular weight is 535 g/mol. The number of nitrogens with two attached hydrogens (primary N) is 1. The number of aromatic nitrogens is 4. The van der Waals surface area contributed by atoms with E-state index in [0.29, 0.717) is 11.2 Å². The maximum Gasteiger partial charge on any atom is 0.490 e. The lowest BCUT2D eigenvalue weighted by atomic mass is 10.1. The lowest BCUT2D eigenvalue weighted by Crippen LogP contribution is -2.36. The largest absolute Gasteiger partial charge is 0.490 e. The molecule has 3 unspecified atom stereocenters. The zero-order valence-electron chi connectivity index (χ0n) is 16.8. The maximum atomic E-state index is 12.0. The second-order valence-corrected chi connectivity index (χ2v) is 10.9. The van der Waals surface area contributed by atoms with Gasteiger partial charge in [-0.15, -0.1) is 0 Å². The van der Waals surface area contributed by atoms with Crippen molar-refractivity contribution < 1.29 is 60.6 Å². The molecule has 0 aromatic carbocycles. The van der Waals surface area contributed by atoms with Crippen LogP contribution >= 0.6 is 23.5 Å². The first-order valence-electron chi connectivity index (χ1n) is 8.69. The molecule has 0 radical (unpaired) electrons. The summed E-state index contributed by atoms with van der Waals surface area (Å²) in [4.78, 5) is 48.2. The third-order valence-electron chi connectivity index (χ3n) is 4.31. The highest BCUT2D eigenvalue weighted by Gasteiger charge is 2.48. The minimum absolute atomic E-state index is 0.123. The molecule has 21 heteroatoms. The number of fused-ring (bicyclic) bond motifs is 1. The van der Waals surface area contributed by atoms with Crippen LogP contribution < -0.4 is 5.73 Å². The molecule has 1 aliphatic heterocycles. The van der Waals surface area contributed by atoms with E-state index in [-0.39, 0.29) is 5.82 Å². The van der Waals surface area contributed by atoms with E-state index in [1.807, 2.05) is 0 Å². The molecular formula is C12H20N5O13P3. The fraction of sp³-hybridized carbons (Fsp3) is 0.583. The van der Waals surface area contributed by atoms with Gasteiger partial charge in [0, 0.05) is 14.2 Å². The van der Waals surface area contributed by atoms with Gasteiger partial charge < -0.3 is 39.5 Å². The van der Waals surface area contributed by atoms with Gasteiger partial charge in [-0.2, -0.15) is 8.62 Å². The number of ether oxygens (including phenoxy) is 3. The van der Waals surface area contributed by atoms with Gasteiger partial charge in [0.05, 0.1) is 12.9 Å². The lowest BCUT2D eigenvalue weighted by molar-refractivity contribution is -0.0577. The molecule has 33 heavy (non-hydrogen) atoms. The van der Waals surface area contributed by atoms with Gasteiger partial charge in [0.25, 0.3) is 0 Å². The summed E-state index contributed by atoms with van der Waals surface area (Å²) >= 11 is 0. The standard InChI is InChI=1S/C12H20N5O13P3/c1-25-8-6(3-27-32(21,22)30-33(23,24)29-31(18,19)20)28-12(9(8)26-2)17-5-16-7-10(13)14-4-15-11(7)17/h4-6,8-9,12H,3H2,1-2H3,(H,21,22)(H,23,24)(H2,13,14,15)(H2,18,19,20)/t6-,8?,9+,12-/m1/s1. The van der Waals surface area contributed by atoms with Crippen LogP contribution in [0.1, 0.15) is 6.23 Å². The molecule has 2 aromatic heterocycles. The van der Waals surface area contributed by atoms with E-state index in [2.05, 4.69) is 28.1 Å². The highest BCUT2D eigenvalue weighted by atomic mass is 31.3. The minimum Gasteiger partial charge on any atom is -0.382 e. The van der Waals surface area contributed by atoms with Crippen LogP contribution in [-0.4, -0.2) is 78.2 Å². The Bertz CT molecular complexity index is 1140. The highest BCUT2D eigenvalue weighted by Crippen LogP contribution is 2.66. The number of nitrogen functional groups attached to an aromatic ring is 1. The summed E-state index contributed by atoms with van der Waals surface area (Å²) in [5.74, 6) is 0.123. The number of methoxy groups -OCH3 is 2. The Hall–Kier alpha value is -1.36. The van der Waals surface area contributed by atoms with Gasteiger partial charge in [0.1, 0.15) is 30.2 Å². The van der Waals surface area contributed by atoms with Crippen molar-refractivity contribution in [1.82, 2.24) is 19.5 Å². The normalized spacial score (nSPS) is 27.5. The molecule has 18 nitrogen and oxygen atoms in total. The fourth-order valence-electron chi connectivity index (χ4n) is 3.13. The molecule has 0 spiro atoms. The Morgan fingerprint density at radius 1 is 1.03 bits per heavy atom. The first-order valence-corrected chi connectivity index (χ1v) is 13.2. The van der Waals surface area contributed by atoms with Gasteiger partial charge in [-0.25, -0.2) is 28.6 Å². The highest BCUT2D eigenvalue weighted by molar-refractivity contribution is 7.66. The first-order chi connectivity index (χ1) is 15.3. The summed E-state index contributed by atoms with van der Waals surface area (Å²) in [5.41, 5.74) is 6.38. The van der Waals surface area contributed by atoms with E-state index in [0.717, 1.165) is 0 Å². The van der Waals surface area contributed by atoms with Gasteiger partial charge in [0.15, 0.2) is 17.7 Å². The second kappa shape index (κ2) is 9.71. The van der Waals surface area contributed by atoms with Gasteiger partial charge in [-0.3, -0.25) is 9.09 Å². The van der Waals surface area contributed by atoms with E-state index in [1.165, 1.54) is 31.4 Å². The Balaban J connectivity index is 1.77. The summed E-state index contributed by atoms with van der Waals surface area (Å²) in [6, 6.07) is 0. The van der Waals surface area contributed by atoms with Crippen molar-refractivity contribution in [1.29, 1.82) is 0 Å². The van der Waals surface area contributed by atoms with E-state index in [1.54, 1.807) is 0 Å². The van der Waals surface area contributed by atoms with Crippen LogP contribution in [0.15, 0.2) is 12.7 Å². The Morgan fingerprint density at radius 2 is 1.70 bits per heavy atom. The van der Waals surface area contributed by atoms with Crippen molar-refractivity contribution in [2.45, 2.75) is 24.5 Å². The molecular weight excluding hydrogens is 515 g/mol. The van der Waals surface area contributed by atoms with E-state index < -0.39 is 54.6 Å². The maximum absolute atomic E-state index is 12.0. The molecule has 3 rings (SSSR count). The number of imidazole rings is 1. The molecule has 2 aromatic rings. The Morgan fingerprint density at radius 3 is 2.30 bits per heavy atom. The van der Waals surface area contributed by atoms with Crippen molar-refractivity contribution in [2.24, 2.45) is 0 Å². The summed E-state index contributed by atoms with van der Waals surface area (Å²) in [7, 11) is -13.9. The molecule has 0 aliphatic carbocycles. The van der Waals surface area contributed by atoms with Gasteiger partial charge in [-0.05, 0) is 0 Å². The number of phosphoric ester groups is 1. The van der Waals surface area contributed by atoms with Crippen LogP contribution in [0.3, 0.4) is 0 Å². The Labute approximate surface area is 185 Å². The molecule has 0 amide bonds. The predicted molar refractivity (Wildman–Crippen MR) is 105 cm³/mol. The molecule has 186 valence electrons. The molecule has 1 aliphatic rings. The number of hydrogen-bond acceptors (Lipinski definition) is 13. The second-order valence-electron chi connectivity index (χ2n) is 6.44. The molecule has 3 heterocycles. The lowest BCUT2D eigenvalue weighted by Gasteiger charge is -2.22. The molecule has 6 atom stereocenters. The van der Waals surface area contributed by atoms with E-state index in [4.69, 9.17) is 29.7 Å². The van der Waals surface area contributed by atoms with Crippen molar-refractivity contribution in [2.75, 3.05) is 26.6 Å². The Kier molecular flexibility index (Phi) is 7.73. The van der Waals surface area contributed by atoms with Gasteiger partial charge in [0.2, 0.25) is 0 Å². The topological polar surface area (TPSA) is 257 Å².